The third kappa shape index (κ3) is 21.6. The van der Waals surface area contributed by atoms with Gasteiger partial charge in [-0.15, -0.1) is 26.3 Å². The van der Waals surface area contributed by atoms with Crippen molar-refractivity contribution in [3.05, 3.63) is 26.3 Å². The third-order valence-electron chi connectivity index (χ3n) is 1.54. The van der Waals surface area contributed by atoms with Crippen LogP contribution in [-0.4, -0.2) is 29.0 Å². The first-order chi connectivity index (χ1) is 6.83. The van der Waals surface area contributed by atoms with Gasteiger partial charge in [0.2, 0.25) is 0 Å². The Morgan fingerprint density at radius 3 is 1.06 bits per heavy atom. The van der Waals surface area contributed by atoms with E-state index in [1.165, 1.54) is 0 Å². The first-order valence-electron chi connectivity index (χ1n) is 4.93. The van der Waals surface area contributed by atoms with E-state index < -0.39 is 16.6 Å². The second-order valence-corrected chi connectivity index (χ2v) is 12.7. The van der Waals surface area contributed by atoms with Crippen LogP contribution >= 0.6 is 0 Å². The Labute approximate surface area is 112 Å². The van der Waals surface area contributed by atoms with Crippen LogP contribution < -0.4 is 11.5 Å². The second-order valence-electron chi connectivity index (χ2n) is 4.03. The highest BCUT2D eigenvalue weighted by Gasteiger charge is 2.30. The smallest absolute Gasteiger partial charge is 0.187 e. The lowest BCUT2D eigenvalue weighted by Gasteiger charge is -2.31. The van der Waals surface area contributed by atoms with Gasteiger partial charge in [0.15, 0.2) is 16.6 Å². The summed E-state index contributed by atoms with van der Waals surface area (Å²) in [6.07, 6.45) is 1.37. The van der Waals surface area contributed by atoms with Crippen molar-refractivity contribution in [3.8, 4) is 0 Å². The van der Waals surface area contributed by atoms with Crippen molar-refractivity contribution in [2.24, 2.45) is 11.5 Å². The van der Waals surface area contributed by atoms with E-state index in [2.05, 4.69) is 52.5 Å². The average Bonchev–Trinajstić information content (AvgIpc) is 2.22. The molecule has 0 aliphatic carbocycles. The fourth-order valence-electron chi connectivity index (χ4n) is 0.831. The number of hydrogen-bond acceptors (Lipinski definition) is 3. The minimum atomic E-state index is -1.57. The Morgan fingerprint density at radius 2 is 0.941 bits per heavy atom. The number of rotatable bonds is 4. The lowest BCUT2D eigenvalue weighted by molar-refractivity contribution is 0.542. The van der Waals surface area contributed by atoms with E-state index in [0.717, 1.165) is 0 Å². The quantitative estimate of drug-likeness (QED) is 0.613. The minimum Gasteiger partial charge on any atom is -0.454 e. The van der Waals surface area contributed by atoms with Gasteiger partial charge < -0.3 is 15.6 Å². The average molecular weight is 281 g/mol. The molecule has 0 aliphatic heterocycles. The Hall–Kier alpha value is -0.206. The predicted octanol–water partition coefficient (Wildman–Crippen LogP) is 3.29. The molecular formula is C12H36N2OSi2. The highest BCUT2D eigenvalue weighted by Crippen LogP contribution is 2.11. The van der Waals surface area contributed by atoms with E-state index in [9.17, 15) is 0 Å². The molecule has 0 heterocycles. The molecule has 0 bridgehead atoms. The zero-order chi connectivity index (χ0) is 13.1. The second kappa shape index (κ2) is 15.8. The molecular weight excluding hydrogens is 244 g/mol. The van der Waals surface area contributed by atoms with Crippen LogP contribution in [0.1, 0.15) is 14.9 Å². The van der Waals surface area contributed by atoms with Gasteiger partial charge in [0, 0.05) is 12.3 Å². The Kier molecular flexibility index (Phi) is 28.0. The molecule has 0 amide bonds. The molecule has 0 aliphatic rings. The molecule has 0 atom stereocenters. The molecule has 0 rings (SSSR count). The fourth-order valence-corrected chi connectivity index (χ4v) is 7.48. The molecule has 108 valence electrons. The van der Waals surface area contributed by atoms with E-state index >= 15 is 0 Å². The Balaban J connectivity index is -0.0000000720. The Morgan fingerprint density at radius 1 is 0.765 bits per heavy atom. The van der Waals surface area contributed by atoms with Crippen LogP contribution in [0.15, 0.2) is 26.3 Å². The zero-order valence-corrected chi connectivity index (χ0v) is 12.8. The van der Waals surface area contributed by atoms with Crippen molar-refractivity contribution in [2.75, 3.05) is 12.3 Å². The molecule has 0 spiro atoms. The van der Waals surface area contributed by atoms with Crippen LogP contribution in [0.3, 0.4) is 0 Å². The SMILES string of the molecule is C.C.C=C.C=C.C[Si](C)(CN)O[Si](C)(C)CN. The molecule has 5 heteroatoms. The summed E-state index contributed by atoms with van der Waals surface area (Å²) in [4.78, 5) is 0. The molecule has 0 aromatic rings. The van der Waals surface area contributed by atoms with Crippen molar-refractivity contribution in [2.45, 2.75) is 41.0 Å². The van der Waals surface area contributed by atoms with Crippen LogP contribution in [0.4, 0.5) is 0 Å². The summed E-state index contributed by atoms with van der Waals surface area (Å²) >= 11 is 0. The van der Waals surface area contributed by atoms with Crippen LogP contribution in [0.5, 0.6) is 0 Å². The summed E-state index contributed by atoms with van der Waals surface area (Å²) < 4.78 is 5.95. The monoisotopic (exact) mass is 280 g/mol. The summed E-state index contributed by atoms with van der Waals surface area (Å²) in [7, 11) is -3.15. The van der Waals surface area contributed by atoms with Gasteiger partial charge in [-0.05, 0) is 26.2 Å². The summed E-state index contributed by atoms with van der Waals surface area (Å²) in [6.45, 7) is 20.5. The molecule has 4 N–H and O–H groups in total. The molecule has 17 heavy (non-hydrogen) atoms. The number of hydrogen-bond donors (Lipinski definition) is 2. The first kappa shape index (κ1) is 30.1. The van der Waals surface area contributed by atoms with Gasteiger partial charge in [-0.3, -0.25) is 0 Å². The molecule has 0 radical (unpaired) electrons. The van der Waals surface area contributed by atoms with E-state index in [1.807, 2.05) is 0 Å². The van der Waals surface area contributed by atoms with E-state index in [4.69, 9.17) is 15.6 Å². The standard InChI is InChI=1S/C6H20N2OSi2.2C2H4.2CH4/c1-10(2,5-7)9-11(3,4)6-8;2*1-2;;/h5-8H2,1-4H3;2*1-2H2;2*1H4. The molecule has 3 nitrogen and oxygen atoms in total. The zero-order valence-electron chi connectivity index (χ0n) is 10.8. The fraction of sp³-hybridized carbons (Fsp3) is 0.667. The van der Waals surface area contributed by atoms with Gasteiger partial charge in [0.25, 0.3) is 0 Å². The molecule has 0 aromatic carbocycles. The maximum absolute atomic E-state index is 5.95. The van der Waals surface area contributed by atoms with E-state index in [0.29, 0.717) is 12.3 Å². The molecule has 0 aromatic heterocycles. The maximum Gasteiger partial charge on any atom is 0.187 e. The van der Waals surface area contributed by atoms with E-state index in [-0.39, 0.29) is 14.9 Å². The van der Waals surface area contributed by atoms with Crippen molar-refractivity contribution in [1.29, 1.82) is 0 Å². The van der Waals surface area contributed by atoms with Gasteiger partial charge >= 0.3 is 0 Å². The summed E-state index contributed by atoms with van der Waals surface area (Å²) in [5, 5.41) is 0. The van der Waals surface area contributed by atoms with Crippen LogP contribution in [0, 0.1) is 0 Å². The first-order valence-corrected chi connectivity index (χ1v) is 11.2. The molecule has 0 saturated heterocycles. The van der Waals surface area contributed by atoms with Crippen molar-refractivity contribution in [3.63, 3.8) is 0 Å². The normalized spacial score (nSPS) is 9.29. The van der Waals surface area contributed by atoms with Crippen molar-refractivity contribution >= 4 is 16.6 Å². The summed E-state index contributed by atoms with van der Waals surface area (Å²) in [6, 6.07) is 0. The Bertz CT molecular complexity index is 137. The van der Waals surface area contributed by atoms with Gasteiger partial charge in [-0.25, -0.2) is 0 Å². The van der Waals surface area contributed by atoms with Gasteiger partial charge in [0.1, 0.15) is 0 Å². The van der Waals surface area contributed by atoms with Crippen molar-refractivity contribution < 1.29 is 4.12 Å². The molecule has 0 saturated carbocycles. The largest absolute Gasteiger partial charge is 0.454 e. The van der Waals surface area contributed by atoms with Crippen molar-refractivity contribution in [1.82, 2.24) is 0 Å². The topological polar surface area (TPSA) is 61.3 Å². The predicted molar refractivity (Wildman–Crippen MR) is 90.1 cm³/mol. The van der Waals surface area contributed by atoms with Crippen LogP contribution in [-0.2, 0) is 4.12 Å². The maximum atomic E-state index is 5.95. The molecule has 0 fully saturated rings. The third-order valence-corrected chi connectivity index (χ3v) is 7.92. The molecule has 0 unspecified atom stereocenters. The van der Waals surface area contributed by atoms with Crippen LogP contribution in [0.2, 0.25) is 26.2 Å². The summed E-state index contributed by atoms with van der Waals surface area (Å²) in [5.41, 5.74) is 11.2. The highest BCUT2D eigenvalue weighted by atomic mass is 28.4. The minimum absolute atomic E-state index is 0. The highest BCUT2D eigenvalue weighted by molar-refractivity contribution is 6.85. The lowest BCUT2D eigenvalue weighted by Crippen LogP contribution is -2.53. The van der Waals surface area contributed by atoms with Gasteiger partial charge in [-0.2, -0.15) is 0 Å². The lowest BCUT2D eigenvalue weighted by atomic mass is 11.3. The van der Waals surface area contributed by atoms with Gasteiger partial charge in [-0.1, -0.05) is 14.9 Å². The van der Waals surface area contributed by atoms with E-state index in [1.54, 1.807) is 0 Å². The summed E-state index contributed by atoms with van der Waals surface area (Å²) in [5.74, 6) is 0. The number of nitrogens with two attached hydrogens (primary N) is 2. The van der Waals surface area contributed by atoms with Crippen LogP contribution in [0.25, 0.3) is 0 Å². The van der Waals surface area contributed by atoms with Gasteiger partial charge in [0.05, 0.1) is 0 Å².